The van der Waals surface area contributed by atoms with Crippen LogP contribution in [-0.4, -0.2) is 25.0 Å². The third-order valence-corrected chi connectivity index (χ3v) is 4.06. The first-order chi connectivity index (χ1) is 12.8. The smallest absolute Gasteiger partial charge is 0.340 e. The van der Waals surface area contributed by atoms with E-state index in [0.717, 1.165) is 23.3 Å². The first-order valence-electron chi connectivity index (χ1n) is 8.19. The predicted octanol–water partition coefficient (Wildman–Crippen LogP) is 4.20. The average Bonchev–Trinajstić information content (AvgIpc) is 2.59. The zero-order valence-electron chi connectivity index (χ0n) is 15.0. The van der Waals surface area contributed by atoms with Gasteiger partial charge in [-0.05, 0) is 55.3 Å². The van der Waals surface area contributed by atoms with Gasteiger partial charge in [0, 0.05) is 12.2 Å². The highest BCUT2D eigenvalue weighted by molar-refractivity contribution is 6.33. The van der Waals surface area contributed by atoms with Crippen LogP contribution in [0.3, 0.4) is 0 Å². The summed E-state index contributed by atoms with van der Waals surface area (Å²) in [6.45, 7) is 3.46. The van der Waals surface area contributed by atoms with E-state index in [1.807, 2.05) is 38.1 Å². The lowest BCUT2D eigenvalue weighted by Crippen LogP contribution is -2.35. The van der Waals surface area contributed by atoms with E-state index in [1.54, 1.807) is 0 Å². The number of ether oxygens (including phenoxy) is 1. The van der Waals surface area contributed by atoms with Crippen molar-refractivity contribution < 1.29 is 18.7 Å². The number of benzene rings is 2. The van der Waals surface area contributed by atoms with Crippen molar-refractivity contribution in [3.05, 3.63) is 63.9 Å². The fourth-order valence-corrected chi connectivity index (χ4v) is 2.85. The molecule has 0 aliphatic heterocycles. The molecular weight excluding hydrogens is 371 g/mol. The Morgan fingerprint density at radius 3 is 2.44 bits per heavy atom. The summed E-state index contributed by atoms with van der Waals surface area (Å²) < 4.78 is 18.1. The zero-order valence-corrected chi connectivity index (χ0v) is 15.7. The van der Waals surface area contributed by atoms with Gasteiger partial charge < -0.3 is 9.64 Å². The van der Waals surface area contributed by atoms with Crippen LogP contribution < -0.4 is 4.90 Å². The van der Waals surface area contributed by atoms with Crippen molar-refractivity contribution in [3.63, 3.8) is 0 Å². The third kappa shape index (κ3) is 5.53. The first kappa shape index (κ1) is 20.4. The molecule has 2 aromatic carbocycles. The molecule has 0 unspecified atom stereocenters. The second-order valence-electron chi connectivity index (χ2n) is 6.00. The quantitative estimate of drug-likeness (QED) is 0.695. The standard InChI is InChI=1S/C20H18ClFN2O3/c1-13-8-14(2)10-16(9-13)24(7-3-6-23)19(25)12-27-20(26)17-5-4-15(22)11-18(17)21/h4-5,8-11H,3,7,12H2,1-2H3. The van der Waals surface area contributed by atoms with Gasteiger partial charge in [0.25, 0.3) is 5.91 Å². The Balaban J connectivity index is 2.13. The number of aryl methyl sites for hydroxylation is 2. The molecule has 0 heterocycles. The molecule has 0 fully saturated rings. The van der Waals surface area contributed by atoms with Gasteiger partial charge >= 0.3 is 5.97 Å². The molecule has 0 aromatic heterocycles. The minimum Gasteiger partial charge on any atom is -0.452 e. The van der Waals surface area contributed by atoms with Gasteiger partial charge in [-0.1, -0.05) is 17.7 Å². The summed E-state index contributed by atoms with van der Waals surface area (Å²) in [5, 5.41) is 8.76. The van der Waals surface area contributed by atoms with E-state index in [-0.39, 0.29) is 23.6 Å². The Labute approximate surface area is 161 Å². The summed E-state index contributed by atoms with van der Waals surface area (Å²) >= 11 is 5.83. The van der Waals surface area contributed by atoms with Crippen molar-refractivity contribution in [1.29, 1.82) is 5.26 Å². The molecule has 2 rings (SSSR count). The Hall–Kier alpha value is -2.91. The number of nitriles is 1. The summed E-state index contributed by atoms with van der Waals surface area (Å²) in [5.74, 6) is -1.87. The maximum Gasteiger partial charge on any atom is 0.340 e. The van der Waals surface area contributed by atoms with Gasteiger partial charge in [-0.25, -0.2) is 9.18 Å². The summed E-state index contributed by atoms with van der Waals surface area (Å²) in [7, 11) is 0. The predicted molar refractivity (Wildman–Crippen MR) is 100 cm³/mol. The lowest BCUT2D eigenvalue weighted by molar-refractivity contribution is -0.121. The van der Waals surface area contributed by atoms with Crippen LogP contribution in [0.15, 0.2) is 36.4 Å². The van der Waals surface area contributed by atoms with Crippen LogP contribution in [0.25, 0.3) is 0 Å². The molecule has 0 saturated heterocycles. The Morgan fingerprint density at radius 1 is 1.19 bits per heavy atom. The number of esters is 1. The van der Waals surface area contributed by atoms with Crippen LogP contribution in [0.2, 0.25) is 5.02 Å². The summed E-state index contributed by atoms with van der Waals surface area (Å²) in [6, 6.07) is 10.9. The van der Waals surface area contributed by atoms with E-state index < -0.39 is 24.3 Å². The van der Waals surface area contributed by atoms with E-state index in [9.17, 15) is 14.0 Å². The largest absolute Gasteiger partial charge is 0.452 e. The van der Waals surface area contributed by atoms with E-state index >= 15 is 0 Å². The van der Waals surface area contributed by atoms with Crippen LogP contribution in [0.5, 0.6) is 0 Å². The molecule has 0 aliphatic rings. The number of rotatable bonds is 6. The van der Waals surface area contributed by atoms with Crippen LogP contribution in [0, 0.1) is 31.0 Å². The van der Waals surface area contributed by atoms with Crippen molar-refractivity contribution in [3.8, 4) is 6.07 Å². The lowest BCUT2D eigenvalue weighted by Gasteiger charge is -2.22. The molecule has 5 nitrogen and oxygen atoms in total. The zero-order chi connectivity index (χ0) is 20.0. The molecule has 7 heteroatoms. The van der Waals surface area contributed by atoms with Crippen molar-refractivity contribution in [2.24, 2.45) is 0 Å². The molecule has 0 spiro atoms. The summed E-state index contributed by atoms with van der Waals surface area (Å²) in [5.41, 5.74) is 2.54. The summed E-state index contributed by atoms with van der Waals surface area (Å²) in [6.07, 6.45) is 0.135. The number of nitrogens with zero attached hydrogens (tertiary/aromatic N) is 2. The maximum absolute atomic E-state index is 13.1. The maximum atomic E-state index is 13.1. The van der Waals surface area contributed by atoms with Gasteiger partial charge in [0.2, 0.25) is 0 Å². The molecule has 0 saturated carbocycles. The van der Waals surface area contributed by atoms with Crippen LogP contribution in [0.4, 0.5) is 10.1 Å². The monoisotopic (exact) mass is 388 g/mol. The number of carbonyl (C=O) groups is 2. The van der Waals surface area contributed by atoms with Crippen LogP contribution >= 0.6 is 11.6 Å². The molecule has 27 heavy (non-hydrogen) atoms. The Morgan fingerprint density at radius 2 is 1.85 bits per heavy atom. The molecule has 140 valence electrons. The van der Waals surface area contributed by atoms with Gasteiger partial charge in [-0.15, -0.1) is 0 Å². The fourth-order valence-electron chi connectivity index (χ4n) is 2.60. The minimum atomic E-state index is -0.825. The molecule has 1 amide bonds. The molecule has 0 bridgehead atoms. The van der Waals surface area contributed by atoms with E-state index in [0.29, 0.717) is 5.69 Å². The minimum absolute atomic E-state index is 0.0270. The number of anilines is 1. The normalized spacial score (nSPS) is 10.2. The van der Waals surface area contributed by atoms with Gasteiger partial charge in [0.05, 0.1) is 23.1 Å². The number of halogens is 2. The number of amides is 1. The second kappa shape index (κ2) is 9.15. The van der Waals surface area contributed by atoms with Crippen LogP contribution in [-0.2, 0) is 9.53 Å². The molecule has 0 N–H and O–H groups in total. The fraction of sp³-hybridized carbons (Fsp3) is 0.250. The van der Waals surface area contributed by atoms with Crippen molar-refractivity contribution in [1.82, 2.24) is 0 Å². The van der Waals surface area contributed by atoms with Gasteiger partial charge in [-0.2, -0.15) is 5.26 Å². The highest BCUT2D eigenvalue weighted by atomic mass is 35.5. The molecule has 0 atom stereocenters. The molecule has 2 aromatic rings. The molecule has 0 aliphatic carbocycles. The topological polar surface area (TPSA) is 70.4 Å². The van der Waals surface area contributed by atoms with Gasteiger partial charge in [0.1, 0.15) is 5.82 Å². The average molecular weight is 389 g/mol. The van der Waals surface area contributed by atoms with Gasteiger partial charge in [0.15, 0.2) is 6.61 Å². The van der Waals surface area contributed by atoms with E-state index in [1.165, 1.54) is 11.0 Å². The van der Waals surface area contributed by atoms with E-state index in [2.05, 4.69) is 0 Å². The number of carbonyl (C=O) groups excluding carboxylic acids is 2. The molecule has 0 radical (unpaired) electrons. The van der Waals surface area contributed by atoms with Crippen molar-refractivity contribution in [2.75, 3.05) is 18.1 Å². The Bertz CT molecular complexity index is 888. The number of hydrogen-bond donors (Lipinski definition) is 0. The SMILES string of the molecule is Cc1cc(C)cc(N(CCC#N)C(=O)COC(=O)c2ccc(F)cc2Cl)c1. The summed E-state index contributed by atoms with van der Waals surface area (Å²) in [4.78, 5) is 26.1. The van der Waals surface area contributed by atoms with Crippen molar-refractivity contribution in [2.45, 2.75) is 20.3 Å². The van der Waals surface area contributed by atoms with E-state index in [4.69, 9.17) is 21.6 Å². The Kier molecular flexibility index (Phi) is 6.91. The lowest BCUT2D eigenvalue weighted by atomic mass is 10.1. The highest BCUT2D eigenvalue weighted by Gasteiger charge is 2.20. The number of hydrogen-bond acceptors (Lipinski definition) is 4. The third-order valence-electron chi connectivity index (χ3n) is 3.74. The molecular formula is C20H18ClFN2O3. The second-order valence-corrected chi connectivity index (χ2v) is 6.41. The first-order valence-corrected chi connectivity index (χ1v) is 8.57. The van der Waals surface area contributed by atoms with Crippen molar-refractivity contribution >= 4 is 29.2 Å². The highest BCUT2D eigenvalue weighted by Crippen LogP contribution is 2.21. The van der Waals surface area contributed by atoms with Gasteiger partial charge in [-0.3, -0.25) is 4.79 Å². The van der Waals surface area contributed by atoms with Crippen LogP contribution in [0.1, 0.15) is 27.9 Å².